The number of thiazole rings is 1. The second-order valence-corrected chi connectivity index (χ2v) is 13.6. The highest BCUT2D eigenvalue weighted by molar-refractivity contribution is 9.10. The van der Waals surface area contributed by atoms with Crippen LogP contribution in [0.5, 0.6) is 11.5 Å². The number of hydrogen-bond acceptors (Lipinski definition) is 10. The van der Waals surface area contributed by atoms with Gasteiger partial charge in [-0.15, -0.1) is 0 Å². The molecule has 3 aromatic carbocycles. The Morgan fingerprint density at radius 2 is 1.66 bits per heavy atom. The van der Waals surface area contributed by atoms with Crippen LogP contribution < -0.4 is 24.6 Å². The van der Waals surface area contributed by atoms with Crippen LogP contribution in [0, 0.1) is 5.92 Å². The van der Waals surface area contributed by atoms with Gasteiger partial charge in [0, 0.05) is 21.0 Å². The lowest BCUT2D eigenvalue weighted by Gasteiger charge is -2.30. The van der Waals surface area contributed by atoms with E-state index in [1.807, 2.05) is 6.92 Å². The number of nitrogens with zero attached hydrogens (tertiary/aromatic N) is 1. The molecular weight excluding hydrogens is 710 g/mol. The van der Waals surface area contributed by atoms with Gasteiger partial charge in [0.15, 0.2) is 18.1 Å². The van der Waals surface area contributed by atoms with Gasteiger partial charge in [-0.25, -0.2) is 9.69 Å². The number of hydrogen-bond donors (Lipinski definition) is 2. The molecule has 0 aliphatic carbocycles. The molecule has 1 fully saturated rings. The van der Waals surface area contributed by atoms with E-state index in [9.17, 15) is 24.0 Å². The number of benzene rings is 3. The van der Waals surface area contributed by atoms with Gasteiger partial charge >= 0.3 is 10.8 Å². The molecule has 47 heavy (non-hydrogen) atoms. The van der Waals surface area contributed by atoms with Crippen LogP contribution >= 0.6 is 39.0 Å². The quantitative estimate of drug-likeness (QED) is 0.157. The lowest BCUT2D eigenvalue weighted by atomic mass is 9.83. The first-order valence-electron chi connectivity index (χ1n) is 14.7. The number of amides is 3. The Balaban J connectivity index is 1.24. The molecule has 11 nitrogen and oxygen atoms in total. The van der Waals surface area contributed by atoms with E-state index < -0.39 is 29.0 Å². The highest BCUT2D eigenvalue weighted by atomic mass is 79.9. The molecule has 3 atom stereocenters. The molecule has 4 aromatic rings. The minimum atomic E-state index is -0.766. The number of imide groups is 1. The zero-order valence-corrected chi connectivity index (χ0v) is 28.3. The fourth-order valence-corrected chi connectivity index (χ4v) is 8.35. The first-order valence-corrected chi connectivity index (χ1v) is 17.2. The van der Waals surface area contributed by atoms with Crippen LogP contribution in [-0.4, -0.2) is 53.7 Å². The number of thioether (sulfide) groups is 1. The topological polar surface area (TPSA) is 144 Å². The van der Waals surface area contributed by atoms with Gasteiger partial charge in [-0.1, -0.05) is 45.1 Å². The SMILES string of the molecule is CCOC(=O)c1ccc(NC(=O)COc2ccc(C3c4sc(=O)[nH]c4SC4C(=O)N(c5ccc(Br)cc5)C(=O)C43)cc2OCC)cc1. The zero-order chi connectivity index (χ0) is 33.2. The minimum Gasteiger partial charge on any atom is -0.490 e. The van der Waals surface area contributed by atoms with Crippen molar-refractivity contribution in [3.05, 3.63) is 96.9 Å². The van der Waals surface area contributed by atoms with Crippen LogP contribution in [0.15, 0.2) is 81.0 Å². The average Bonchev–Trinajstić information content (AvgIpc) is 3.55. The van der Waals surface area contributed by atoms with Gasteiger partial charge in [-0.2, -0.15) is 0 Å². The van der Waals surface area contributed by atoms with Crippen molar-refractivity contribution in [2.45, 2.75) is 30.0 Å². The van der Waals surface area contributed by atoms with Crippen LogP contribution in [0.1, 0.15) is 40.6 Å². The van der Waals surface area contributed by atoms with Crippen molar-refractivity contribution in [1.82, 2.24) is 4.98 Å². The van der Waals surface area contributed by atoms with Crippen molar-refractivity contribution in [3.8, 4) is 11.5 Å². The van der Waals surface area contributed by atoms with E-state index in [0.29, 0.717) is 50.5 Å². The lowest BCUT2D eigenvalue weighted by Crippen LogP contribution is -2.32. The maximum Gasteiger partial charge on any atom is 0.338 e. The van der Waals surface area contributed by atoms with E-state index >= 15 is 0 Å². The second kappa shape index (κ2) is 13.8. The summed E-state index contributed by atoms with van der Waals surface area (Å²) in [4.78, 5) is 69.2. The van der Waals surface area contributed by atoms with E-state index in [4.69, 9.17) is 14.2 Å². The normalized spacial score (nSPS) is 18.4. The molecule has 2 aliphatic rings. The van der Waals surface area contributed by atoms with Gasteiger partial charge in [-0.3, -0.25) is 19.2 Å². The molecule has 0 radical (unpaired) electrons. The fraction of sp³-hybridized carbons (Fsp3) is 0.242. The zero-order valence-electron chi connectivity index (χ0n) is 25.1. The van der Waals surface area contributed by atoms with Crippen LogP contribution in [-0.2, 0) is 19.1 Å². The number of H-pyrrole nitrogens is 1. The predicted octanol–water partition coefficient (Wildman–Crippen LogP) is 5.59. The summed E-state index contributed by atoms with van der Waals surface area (Å²) >= 11 is 5.61. The molecule has 242 valence electrons. The van der Waals surface area contributed by atoms with Gasteiger partial charge in [0.2, 0.25) is 11.8 Å². The monoisotopic (exact) mass is 737 g/mol. The summed E-state index contributed by atoms with van der Waals surface area (Å²) in [5.41, 5.74) is 1.98. The molecule has 0 saturated carbocycles. The van der Waals surface area contributed by atoms with E-state index in [0.717, 1.165) is 15.8 Å². The second-order valence-electron chi connectivity index (χ2n) is 10.5. The van der Waals surface area contributed by atoms with Crippen LogP contribution in [0.2, 0.25) is 0 Å². The summed E-state index contributed by atoms with van der Waals surface area (Å²) in [6, 6.07) is 18.4. The number of halogens is 1. The highest BCUT2D eigenvalue weighted by Crippen LogP contribution is 2.53. The number of ether oxygens (including phenoxy) is 3. The first-order chi connectivity index (χ1) is 22.7. The Kier molecular flexibility index (Phi) is 9.52. The van der Waals surface area contributed by atoms with Gasteiger partial charge < -0.3 is 24.5 Å². The maximum absolute atomic E-state index is 14.0. The number of rotatable bonds is 10. The molecule has 0 spiro atoms. The van der Waals surface area contributed by atoms with Gasteiger partial charge in [0.05, 0.1) is 35.4 Å². The number of fused-ring (bicyclic) bond motifs is 2. The molecule has 3 heterocycles. The number of aromatic nitrogens is 1. The third-order valence-corrected chi connectivity index (χ3v) is 10.5. The molecule has 3 amide bonds. The number of esters is 1. The van der Waals surface area contributed by atoms with Crippen molar-refractivity contribution >= 4 is 74.1 Å². The summed E-state index contributed by atoms with van der Waals surface area (Å²) in [5, 5.41) is 2.55. The predicted molar refractivity (Wildman–Crippen MR) is 181 cm³/mol. The van der Waals surface area contributed by atoms with Crippen LogP contribution in [0.3, 0.4) is 0 Å². The number of nitrogens with one attached hydrogen (secondary N) is 2. The Morgan fingerprint density at radius 3 is 2.36 bits per heavy atom. The molecule has 2 N–H and O–H groups in total. The number of carbonyl (C=O) groups excluding carboxylic acids is 4. The summed E-state index contributed by atoms with van der Waals surface area (Å²) in [6.45, 7) is 3.76. The van der Waals surface area contributed by atoms with Crippen molar-refractivity contribution < 1.29 is 33.4 Å². The van der Waals surface area contributed by atoms with E-state index in [2.05, 4.69) is 26.2 Å². The van der Waals surface area contributed by atoms with E-state index in [-0.39, 0.29) is 29.9 Å². The van der Waals surface area contributed by atoms with Crippen molar-refractivity contribution in [2.75, 3.05) is 30.0 Å². The Bertz CT molecular complexity index is 1910. The maximum atomic E-state index is 14.0. The van der Waals surface area contributed by atoms with E-state index in [1.54, 1.807) is 73.7 Å². The van der Waals surface area contributed by atoms with Crippen molar-refractivity contribution in [3.63, 3.8) is 0 Å². The third-order valence-electron chi connectivity index (χ3n) is 7.57. The first kappa shape index (κ1) is 32.5. The van der Waals surface area contributed by atoms with Crippen LogP contribution in [0.4, 0.5) is 11.4 Å². The number of anilines is 2. The molecule has 1 aromatic heterocycles. The molecule has 0 bridgehead atoms. The summed E-state index contributed by atoms with van der Waals surface area (Å²) in [7, 11) is 0. The molecule has 1 saturated heterocycles. The fourth-order valence-electron chi connectivity index (χ4n) is 5.57. The summed E-state index contributed by atoms with van der Waals surface area (Å²) < 4.78 is 17.5. The van der Waals surface area contributed by atoms with E-state index in [1.165, 1.54) is 16.7 Å². The van der Waals surface area contributed by atoms with Gasteiger partial charge in [0.1, 0.15) is 5.25 Å². The van der Waals surface area contributed by atoms with Crippen molar-refractivity contribution in [1.29, 1.82) is 0 Å². The Labute approximate surface area is 285 Å². The highest BCUT2D eigenvalue weighted by Gasteiger charge is 2.56. The Hall–Kier alpha value is -4.40. The lowest BCUT2D eigenvalue weighted by molar-refractivity contribution is -0.122. The standard InChI is InChI=1S/C33H28BrN3O8S2/c1-3-43-23-15-18(7-14-22(23)45-16-24(38)35-20-10-5-17(6-11-20)32(41)44-4-2)25-26-28(46-29-27(25)47-33(42)36-29)31(40)37(30(26)39)21-12-8-19(34)9-13-21/h5-15,25-26,28H,3-4,16H2,1-2H3,(H,35,38)(H,36,42). The number of aromatic amines is 1. The smallest absolute Gasteiger partial charge is 0.338 e. The van der Waals surface area contributed by atoms with Crippen LogP contribution in [0.25, 0.3) is 0 Å². The minimum absolute atomic E-state index is 0.262. The van der Waals surface area contributed by atoms with Gasteiger partial charge in [0.25, 0.3) is 5.91 Å². The average molecular weight is 739 g/mol. The molecule has 3 unspecified atom stereocenters. The molecule has 2 aliphatic heterocycles. The molecule has 6 rings (SSSR count). The van der Waals surface area contributed by atoms with Gasteiger partial charge in [-0.05, 0) is 80.1 Å². The number of carbonyl (C=O) groups is 4. The molecule has 14 heteroatoms. The van der Waals surface area contributed by atoms with Crippen molar-refractivity contribution in [2.24, 2.45) is 5.92 Å². The third kappa shape index (κ3) is 6.58. The summed E-state index contributed by atoms with van der Waals surface area (Å²) in [5.74, 6) is -2.30. The molecular formula is C33H28BrN3O8S2. The Morgan fingerprint density at radius 1 is 0.915 bits per heavy atom. The summed E-state index contributed by atoms with van der Waals surface area (Å²) in [6.07, 6.45) is 0. The largest absolute Gasteiger partial charge is 0.490 e.